The van der Waals surface area contributed by atoms with Crippen molar-refractivity contribution >= 4 is 0 Å². The van der Waals surface area contributed by atoms with Gasteiger partial charge in [0.15, 0.2) is 0 Å². The van der Waals surface area contributed by atoms with Crippen LogP contribution in [0.2, 0.25) is 0 Å². The molecule has 0 saturated heterocycles. The van der Waals surface area contributed by atoms with Crippen molar-refractivity contribution in [1.29, 1.82) is 0 Å². The summed E-state index contributed by atoms with van der Waals surface area (Å²) in [6.45, 7) is 15.3. The first-order chi connectivity index (χ1) is 10.7. The van der Waals surface area contributed by atoms with Crippen molar-refractivity contribution in [2.24, 2.45) is 0 Å². The highest BCUT2D eigenvalue weighted by Crippen LogP contribution is 2.40. The van der Waals surface area contributed by atoms with E-state index < -0.39 is 0 Å². The van der Waals surface area contributed by atoms with E-state index in [1.807, 2.05) is 18.2 Å². The number of benzene rings is 1. The summed E-state index contributed by atoms with van der Waals surface area (Å²) in [7, 11) is 0. The maximum Gasteiger partial charge on any atom is 0.134 e. The van der Waals surface area contributed by atoms with Gasteiger partial charge in [-0.05, 0) is 40.5 Å². The van der Waals surface area contributed by atoms with E-state index in [-0.39, 0.29) is 0 Å². The summed E-state index contributed by atoms with van der Waals surface area (Å²) in [4.78, 5) is 0. The minimum atomic E-state index is 0.754. The molecule has 0 N–H and O–H groups in total. The maximum absolute atomic E-state index is 5.92. The molecule has 0 aliphatic carbocycles. The fourth-order valence-electron chi connectivity index (χ4n) is 2.77. The Kier molecular flexibility index (Phi) is 3.60. The summed E-state index contributed by atoms with van der Waals surface area (Å²) < 4.78 is 11.8. The van der Waals surface area contributed by atoms with Crippen molar-refractivity contribution in [3.63, 3.8) is 0 Å². The second kappa shape index (κ2) is 5.57. The van der Waals surface area contributed by atoms with E-state index in [0.29, 0.717) is 0 Å². The van der Waals surface area contributed by atoms with Gasteiger partial charge < -0.3 is 9.47 Å². The van der Waals surface area contributed by atoms with E-state index in [9.17, 15) is 0 Å². The molecule has 2 nitrogen and oxygen atoms in total. The predicted octanol–water partition coefficient (Wildman–Crippen LogP) is 4.81. The molecule has 0 unspecified atom stereocenters. The van der Waals surface area contributed by atoms with Crippen LogP contribution in [0.15, 0.2) is 85.4 Å². The second-order valence-corrected chi connectivity index (χ2v) is 5.22. The molecular formula is C20H18O2. The topological polar surface area (TPSA) is 18.5 Å². The predicted molar refractivity (Wildman–Crippen MR) is 89.9 cm³/mol. The molecule has 3 rings (SSSR count). The van der Waals surface area contributed by atoms with Crippen LogP contribution in [-0.4, -0.2) is 0 Å². The average Bonchev–Trinajstić information content (AvgIpc) is 2.57. The van der Waals surface area contributed by atoms with Gasteiger partial charge in [0.25, 0.3) is 0 Å². The van der Waals surface area contributed by atoms with Gasteiger partial charge in [-0.1, -0.05) is 38.5 Å². The number of hydrogen-bond acceptors (Lipinski definition) is 2. The summed E-state index contributed by atoms with van der Waals surface area (Å²) in [5.41, 5.74) is 4.36. The molecule has 0 fully saturated rings. The number of allylic oxidation sites excluding steroid dienone is 6. The van der Waals surface area contributed by atoms with Crippen LogP contribution < -0.4 is 9.47 Å². The molecule has 2 aliphatic rings. The lowest BCUT2D eigenvalue weighted by Crippen LogP contribution is -2.12. The molecule has 0 amide bonds. The number of rotatable bonds is 4. The van der Waals surface area contributed by atoms with E-state index in [0.717, 1.165) is 58.1 Å². The van der Waals surface area contributed by atoms with E-state index >= 15 is 0 Å². The first-order valence-corrected chi connectivity index (χ1v) is 7.17. The highest BCUT2D eigenvalue weighted by molar-refractivity contribution is 5.56. The first-order valence-electron chi connectivity index (χ1n) is 7.17. The molecule has 0 spiro atoms. The van der Waals surface area contributed by atoms with Gasteiger partial charge in [0.05, 0.1) is 0 Å². The molecule has 0 bridgehead atoms. The van der Waals surface area contributed by atoms with Gasteiger partial charge in [-0.25, -0.2) is 0 Å². The van der Waals surface area contributed by atoms with E-state index in [1.54, 1.807) is 12.2 Å². The Morgan fingerprint density at radius 3 is 1.50 bits per heavy atom. The van der Waals surface area contributed by atoms with E-state index in [4.69, 9.17) is 9.47 Å². The van der Waals surface area contributed by atoms with Gasteiger partial charge in [0, 0.05) is 18.9 Å². The standard InChI is InChI=1S/C20H18O2/c1-5-13-9-15-11-16-10-14(6-2)18(8-4)22-20(16)12-19(15)21-17(13)7-3/h5-8,11-12H,1-4,9-10H2. The number of fused-ring (bicyclic) bond motifs is 2. The molecule has 2 aliphatic heterocycles. The maximum atomic E-state index is 5.92. The highest BCUT2D eigenvalue weighted by atomic mass is 16.5. The minimum Gasteiger partial charge on any atom is -0.457 e. The summed E-state index contributed by atoms with van der Waals surface area (Å²) in [5.74, 6) is 3.13. The Hall–Kier alpha value is -2.74. The molecule has 0 aromatic heterocycles. The van der Waals surface area contributed by atoms with Crippen molar-refractivity contribution in [3.8, 4) is 11.5 Å². The third kappa shape index (κ3) is 2.23. The van der Waals surface area contributed by atoms with Crippen LogP contribution in [0.25, 0.3) is 0 Å². The van der Waals surface area contributed by atoms with Gasteiger partial charge >= 0.3 is 0 Å². The Morgan fingerprint density at radius 2 is 1.14 bits per heavy atom. The quantitative estimate of drug-likeness (QED) is 0.792. The molecule has 1 aromatic rings. The second-order valence-electron chi connectivity index (χ2n) is 5.22. The van der Waals surface area contributed by atoms with Crippen LogP contribution in [0.3, 0.4) is 0 Å². The molecule has 2 heterocycles. The van der Waals surface area contributed by atoms with Crippen molar-refractivity contribution in [1.82, 2.24) is 0 Å². The summed E-state index contributed by atoms with van der Waals surface area (Å²) in [5, 5.41) is 0. The fraction of sp³-hybridized carbons (Fsp3) is 0.100. The van der Waals surface area contributed by atoms with Crippen molar-refractivity contribution < 1.29 is 9.47 Å². The normalized spacial score (nSPS) is 16.0. The number of ether oxygens (including phenoxy) is 2. The monoisotopic (exact) mass is 290 g/mol. The minimum absolute atomic E-state index is 0.754. The summed E-state index contributed by atoms with van der Waals surface area (Å²) >= 11 is 0. The third-order valence-electron chi connectivity index (χ3n) is 3.94. The lowest BCUT2D eigenvalue weighted by molar-refractivity contribution is 0.400. The average molecular weight is 290 g/mol. The third-order valence-corrected chi connectivity index (χ3v) is 3.94. The van der Waals surface area contributed by atoms with Gasteiger partial charge in [-0.3, -0.25) is 0 Å². The van der Waals surface area contributed by atoms with Crippen LogP contribution in [0.1, 0.15) is 11.1 Å². The SMILES string of the molecule is C=CC1=C(C=C)Oc2cc3c(cc2C1)CC(C=C)=C(C=C)O3. The zero-order chi connectivity index (χ0) is 15.7. The molecule has 110 valence electrons. The van der Waals surface area contributed by atoms with Gasteiger partial charge in [-0.15, -0.1) is 0 Å². The zero-order valence-corrected chi connectivity index (χ0v) is 12.5. The van der Waals surface area contributed by atoms with E-state index in [1.165, 1.54) is 0 Å². The van der Waals surface area contributed by atoms with Gasteiger partial charge in [-0.2, -0.15) is 0 Å². The van der Waals surface area contributed by atoms with Crippen molar-refractivity contribution in [3.05, 3.63) is 96.5 Å². The smallest absolute Gasteiger partial charge is 0.134 e. The van der Waals surface area contributed by atoms with Crippen LogP contribution in [0, 0.1) is 0 Å². The lowest BCUT2D eigenvalue weighted by Gasteiger charge is -2.25. The Bertz CT molecular complexity index is 636. The molecule has 0 atom stereocenters. The number of hydrogen-bond donors (Lipinski definition) is 0. The van der Waals surface area contributed by atoms with Crippen LogP contribution in [0.5, 0.6) is 11.5 Å². The van der Waals surface area contributed by atoms with Crippen LogP contribution in [0.4, 0.5) is 0 Å². The van der Waals surface area contributed by atoms with Gasteiger partial charge in [0.2, 0.25) is 0 Å². The molecule has 22 heavy (non-hydrogen) atoms. The molecule has 0 saturated carbocycles. The van der Waals surface area contributed by atoms with Crippen molar-refractivity contribution in [2.75, 3.05) is 0 Å². The van der Waals surface area contributed by atoms with Crippen LogP contribution in [-0.2, 0) is 12.8 Å². The first kappa shape index (κ1) is 14.2. The van der Waals surface area contributed by atoms with Crippen molar-refractivity contribution in [2.45, 2.75) is 12.8 Å². The van der Waals surface area contributed by atoms with Gasteiger partial charge in [0.1, 0.15) is 23.0 Å². The molecule has 2 heteroatoms. The highest BCUT2D eigenvalue weighted by Gasteiger charge is 2.23. The largest absolute Gasteiger partial charge is 0.457 e. The summed E-state index contributed by atoms with van der Waals surface area (Å²) in [6, 6.07) is 4.08. The molecule has 0 radical (unpaired) electrons. The Labute approximate surface area is 131 Å². The zero-order valence-electron chi connectivity index (χ0n) is 12.5. The Balaban J connectivity index is 2.03. The lowest BCUT2D eigenvalue weighted by atomic mass is 9.93. The van der Waals surface area contributed by atoms with Crippen LogP contribution >= 0.6 is 0 Å². The summed E-state index contributed by atoms with van der Waals surface area (Å²) in [6.07, 6.45) is 8.64. The molecule has 1 aromatic carbocycles. The van der Waals surface area contributed by atoms with E-state index in [2.05, 4.69) is 32.4 Å². The fourth-order valence-corrected chi connectivity index (χ4v) is 2.77. The molecular weight excluding hydrogens is 272 g/mol. The Morgan fingerprint density at radius 1 is 0.682 bits per heavy atom.